The van der Waals surface area contributed by atoms with Crippen molar-refractivity contribution < 1.29 is 0 Å². The van der Waals surface area contributed by atoms with Crippen LogP contribution in [0.3, 0.4) is 0 Å². The molecule has 2 N–H and O–H groups in total. The van der Waals surface area contributed by atoms with Crippen molar-refractivity contribution in [2.75, 3.05) is 5.75 Å². The number of aryl methyl sites for hydroxylation is 1. The van der Waals surface area contributed by atoms with Crippen LogP contribution in [0.25, 0.3) is 0 Å². The first-order valence-corrected chi connectivity index (χ1v) is 8.95. The fraction of sp³-hybridized carbons (Fsp3) is 0.600. The molecule has 1 aromatic rings. The van der Waals surface area contributed by atoms with Crippen molar-refractivity contribution >= 4 is 23.1 Å². The van der Waals surface area contributed by atoms with E-state index in [0.717, 1.165) is 0 Å². The first kappa shape index (κ1) is 12.8. The number of hydrogen-bond acceptors (Lipinski definition) is 3. The van der Waals surface area contributed by atoms with Gasteiger partial charge < -0.3 is 5.73 Å². The zero-order valence-electron chi connectivity index (χ0n) is 10.8. The highest BCUT2D eigenvalue weighted by molar-refractivity contribution is 7.98. The second kappa shape index (κ2) is 5.81. The number of rotatable bonds is 2. The van der Waals surface area contributed by atoms with E-state index in [1.54, 1.807) is 10.4 Å². The summed E-state index contributed by atoms with van der Waals surface area (Å²) < 4.78 is 0. The van der Waals surface area contributed by atoms with E-state index in [1.165, 1.54) is 60.5 Å². The fourth-order valence-corrected chi connectivity index (χ4v) is 5.25. The summed E-state index contributed by atoms with van der Waals surface area (Å²) in [6, 6.07) is 2.55. The maximum Gasteiger partial charge on any atom is 0.0605 e. The molecule has 98 valence electrons. The lowest BCUT2D eigenvalue weighted by Crippen LogP contribution is -2.11. The molecule has 3 heteroatoms. The maximum absolute atomic E-state index is 6.49. The number of thiophene rings is 1. The highest BCUT2D eigenvalue weighted by atomic mass is 32.2. The zero-order valence-corrected chi connectivity index (χ0v) is 12.4. The Morgan fingerprint density at radius 2 is 2.11 bits per heavy atom. The van der Waals surface area contributed by atoms with Crippen molar-refractivity contribution in [1.29, 1.82) is 0 Å². The van der Waals surface area contributed by atoms with E-state index in [2.05, 4.69) is 23.9 Å². The predicted octanol–water partition coefficient (Wildman–Crippen LogP) is 4.43. The van der Waals surface area contributed by atoms with Crippen LogP contribution in [0, 0.1) is 0 Å². The van der Waals surface area contributed by atoms with Crippen molar-refractivity contribution in [3.63, 3.8) is 0 Å². The van der Waals surface area contributed by atoms with E-state index in [0.29, 0.717) is 0 Å². The van der Waals surface area contributed by atoms with Crippen molar-refractivity contribution in [3.05, 3.63) is 33.0 Å². The van der Waals surface area contributed by atoms with Crippen molar-refractivity contribution in [2.45, 2.75) is 50.3 Å². The van der Waals surface area contributed by atoms with Gasteiger partial charge in [-0.15, -0.1) is 11.3 Å². The molecule has 1 atom stereocenters. The van der Waals surface area contributed by atoms with Gasteiger partial charge in [0.1, 0.15) is 0 Å². The van der Waals surface area contributed by atoms with Gasteiger partial charge >= 0.3 is 0 Å². The molecule has 1 aliphatic heterocycles. The summed E-state index contributed by atoms with van der Waals surface area (Å²) in [4.78, 5) is 2.99. The molecule has 0 spiro atoms. The second-order valence-corrected chi connectivity index (χ2v) is 7.53. The summed E-state index contributed by atoms with van der Waals surface area (Å²) in [7, 11) is 0. The van der Waals surface area contributed by atoms with Gasteiger partial charge in [0.25, 0.3) is 0 Å². The summed E-state index contributed by atoms with van der Waals surface area (Å²) in [5.74, 6) is 2.47. The monoisotopic (exact) mass is 279 g/mol. The molecule has 3 rings (SSSR count). The zero-order chi connectivity index (χ0) is 12.4. The van der Waals surface area contributed by atoms with Crippen LogP contribution in [0.5, 0.6) is 0 Å². The lowest BCUT2D eigenvalue weighted by molar-refractivity contribution is 0.690. The van der Waals surface area contributed by atoms with Gasteiger partial charge in [0.2, 0.25) is 0 Å². The summed E-state index contributed by atoms with van der Waals surface area (Å²) >= 11 is 4.02. The van der Waals surface area contributed by atoms with Crippen molar-refractivity contribution in [1.82, 2.24) is 0 Å². The molecule has 0 saturated carbocycles. The van der Waals surface area contributed by atoms with Gasteiger partial charge in [0, 0.05) is 15.5 Å². The average molecular weight is 279 g/mol. The van der Waals surface area contributed by atoms with Gasteiger partial charge in [-0.3, -0.25) is 0 Å². The highest BCUT2D eigenvalue weighted by Crippen LogP contribution is 2.37. The summed E-state index contributed by atoms with van der Waals surface area (Å²) in [5, 5.41) is 0. The normalized spacial score (nSPS) is 21.9. The van der Waals surface area contributed by atoms with Gasteiger partial charge in [0.15, 0.2) is 0 Å². The first-order chi connectivity index (χ1) is 8.84. The molecule has 18 heavy (non-hydrogen) atoms. The van der Waals surface area contributed by atoms with E-state index in [9.17, 15) is 0 Å². The number of hydrogen-bond donors (Lipinski definition) is 1. The minimum atomic E-state index is 0.170. The Labute approximate surface area is 118 Å². The van der Waals surface area contributed by atoms with Crippen LogP contribution in [-0.2, 0) is 12.2 Å². The topological polar surface area (TPSA) is 26.0 Å². The van der Waals surface area contributed by atoms with Gasteiger partial charge in [-0.1, -0.05) is 18.1 Å². The molecule has 0 bridgehead atoms. The van der Waals surface area contributed by atoms with E-state index < -0.39 is 0 Å². The number of allylic oxidation sites excluding steroid dienone is 1. The van der Waals surface area contributed by atoms with E-state index >= 15 is 0 Å². The first-order valence-electron chi connectivity index (χ1n) is 6.98. The van der Waals surface area contributed by atoms with Gasteiger partial charge in [0.05, 0.1) is 6.04 Å². The quantitative estimate of drug-likeness (QED) is 0.811. The molecule has 0 amide bonds. The molecule has 0 saturated heterocycles. The minimum absolute atomic E-state index is 0.170. The van der Waals surface area contributed by atoms with Crippen LogP contribution < -0.4 is 5.73 Å². The van der Waals surface area contributed by atoms with Crippen LogP contribution in [0.4, 0.5) is 0 Å². The van der Waals surface area contributed by atoms with Gasteiger partial charge in [-0.2, -0.15) is 11.8 Å². The predicted molar refractivity (Wildman–Crippen MR) is 82.3 cm³/mol. The molecular formula is C15H21NS2. The molecule has 0 aromatic carbocycles. The third-order valence-electron chi connectivity index (χ3n) is 3.93. The van der Waals surface area contributed by atoms with E-state index in [4.69, 9.17) is 5.73 Å². The van der Waals surface area contributed by atoms with E-state index in [1.807, 2.05) is 11.3 Å². The Kier molecular flexibility index (Phi) is 4.12. The van der Waals surface area contributed by atoms with E-state index in [-0.39, 0.29) is 6.04 Å². The summed E-state index contributed by atoms with van der Waals surface area (Å²) in [6.45, 7) is 0. The Balaban J connectivity index is 1.80. The van der Waals surface area contributed by atoms with Crippen LogP contribution in [0.2, 0.25) is 0 Å². The van der Waals surface area contributed by atoms with Crippen LogP contribution in [0.1, 0.15) is 53.5 Å². The van der Waals surface area contributed by atoms with Gasteiger partial charge in [-0.25, -0.2) is 0 Å². The Morgan fingerprint density at radius 1 is 1.17 bits per heavy atom. The SMILES string of the molecule is NC(C1=CCCCCC1)c1cc2c(s1)CCSC2. The third-order valence-corrected chi connectivity index (χ3v) is 6.26. The Morgan fingerprint density at radius 3 is 3.00 bits per heavy atom. The number of fused-ring (bicyclic) bond motifs is 1. The van der Waals surface area contributed by atoms with Crippen molar-refractivity contribution in [3.8, 4) is 0 Å². The molecule has 0 fully saturated rings. The molecule has 1 unspecified atom stereocenters. The molecule has 2 heterocycles. The van der Waals surface area contributed by atoms with Crippen LogP contribution in [0.15, 0.2) is 17.7 Å². The second-order valence-electron chi connectivity index (χ2n) is 5.26. The molecule has 1 nitrogen and oxygen atoms in total. The Hall–Kier alpha value is -0.250. The van der Waals surface area contributed by atoms with Gasteiger partial charge in [-0.05, 0) is 49.5 Å². The summed E-state index contributed by atoms with van der Waals surface area (Å²) in [6.07, 6.45) is 10.1. The number of thioether (sulfide) groups is 1. The summed E-state index contributed by atoms with van der Waals surface area (Å²) in [5.41, 5.74) is 9.52. The largest absolute Gasteiger partial charge is 0.320 e. The molecule has 1 aromatic heterocycles. The van der Waals surface area contributed by atoms with Crippen LogP contribution in [-0.4, -0.2) is 5.75 Å². The fourth-order valence-electron chi connectivity index (χ4n) is 2.83. The lowest BCUT2D eigenvalue weighted by Gasteiger charge is -2.13. The molecule has 1 aliphatic carbocycles. The molecular weight excluding hydrogens is 258 g/mol. The maximum atomic E-state index is 6.49. The smallest absolute Gasteiger partial charge is 0.0605 e. The lowest BCUT2D eigenvalue weighted by atomic mass is 10.0. The van der Waals surface area contributed by atoms with Crippen LogP contribution >= 0.6 is 23.1 Å². The highest BCUT2D eigenvalue weighted by Gasteiger charge is 2.19. The van der Waals surface area contributed by atoms with Crippen molar-refractivity contribution in [2.24, 2.45) is 5.73 Å². The standard InChI is InChI=1S/C15H21NS2/c16-15(11-5-3-1-2-4-6-11)14-9-12-10-17-8-7-13(12)18-14/h5,9,15H,1-4,6-8,10,16H2. The average Bonchev–Trinajstić information content (AvgIpc) is 2.64. The third kappa shape index (κ3) is 2.68. The minimum Gasteiger partial charge on any atom is -0.320 e. The number of nitrogens with two attached hydrogens (primary N) is 1. The molecule has 0 radical (unpaired) electrons. The molecule has 2 aliphatic rings. The Bertz CT molecular complexity index is 424.